The number of aromatic nitrogens is 1. The molecule has 0 spiro atoms. The minimum atomic E-state index is 0.979. The Labute approximate surface area is 221 Å². The van der Waals surface area contributed by atoms with Gasteiger partial charge in [0, 0.05) is 18.6 Å². The van der Waals surface area contributed by atoms with Crippen LogP contribution in [0.2, 0.25) is 0 Å². The Hall–Kier alpha value is -3.71. The summed E-state index contributed by atoms with van der Waals surface area (Å²) in [5, 5.41) is 2.68. The smallest absolute Gasteiger partial charge is 0.198 e. The Bertz CT molecular complexity index is 1610. The number of hydrogen-bond donors (Lipinski definition) is 0. The summed E-state index contributed by atoms with van der Waals surface area (Å²) in [7, 11) is 0. The van der Waals surface area contributed by atoms with E-state index >= 15 is 0 Å². The summed E-state index contributed by atoms with van der Waals surface area (Å²) >= 11 is 0. The molecule has 1 aliphatic heterocycles. The van der Waals surface area contributed by atoms with Crippen LogP contribution in [0.1, 0.15) is 58.7 Å². The van der Waals surface area contributed by atoms with Gasteiger partial charge < -0.3 is 0 Å². The van der Waals surface area contributed by atoms with Crippen molar-refractivity contribution in [2.45, 2.75) is 59.4 Å². The highest BCUT2D eigenvalue weighted by Gasteiger charge is 2.28. The van der Waals surface area contributed by atoms with E-state index in [0.29, 0.717) is 0 Å². The second-order valence-corrected chi connectivity index (χ2v) is 10.7. The summed E-state index contributed by atoms with van der Waals surface area (Å²) in [5.74, 6) is 0. The molecule has 0 N–H and O–H groups in total. The lowest BCUT2D eigenvalue weighted by Gasteiger charge is -2.23. The van der Waals surface area contributed by atoms with Gasteiger partial charge in [-0.2, -0.15) is 4.57 Å². The lowest BCUT2D eigenvalue weighted by atomic mass is 9.82. The second kappa shape index (κ2) is 9.63. The highest BCUT2D eigenvalue weighted by Crippen LogP contribution is 2.41. The average Bonchev–Trinajstić information content (AvgIpc) is 3.08. The van der Waals surface area contributed by atoms with Crippen LogP contribution in [0.5, 0.6) is 0 Å². The molecule has 4 aromatic rings. The van der Waals surface area contributed by atoms with E-state index < -0.39 is 0 Å². The van der Waals surface area contributed by atoms with Crippen molar-refractivity contribution >= 4 is 16.3 Å². The predicted octanol–water partition coefficient (Wildman–Crippen LogP) is 8.41. The van der Waals surface area contributed by atoms with Crippen molar-refractivity contribution in [2.24, 2.45) is 0 Å². The maximum atomic E-state index is 4.52. The fourth-order valence-electron chi connectivity index (χ4n) is 6.55. The van der Waals surface area contributed by atoms with E-state index in [1.165, 1.54) is 66.6 Å². The third kappa shape index (κ3) is 4.07. The predicted molar refractivity (Wildman–Crippen MR) is 157 cm³/mol. The van der Waals surface area contributed by atoms with Crippen molar-refractivity contribution in [1.82, 2.24) is 0 Å². The average molecular weight is 483 g/mol. The third-order valence-corrected chi connectivity index (χ3v) is 8.49. The molecule has 1 nitrogen and oxygen atoms in total. The normalized spacial score (nSPS) is 16.1. The van der Waals surface area contributed by atoms with Gasteiger partial charge in [0.1, 0.15) is 0 Å². The molecule has 37 heavy (non-hydrogen) atoms. The molecule has 0 saturated heterocycles. The van der Waals surface area contributed by atoms with Gasteiger partial charge in [0.2, 0.25) is 5.69 Å². The molecule has 0 amide bonds. The van der Waals surface area contributed by atoms with Crippen LogP contribution >= 0.6 is 0 Å². The van der Waals surface area contributed by atoms with E-state index in [4.69, 9.17) is 0 Å². The molecule has 1 heteroatoms. The molecule has 2 aliphatic rings. The topological polar surface area (TPSA) is 3.88 Å². The zero-order chi connectivity index (χ0) is 25.5. The Morgan fingerprint density at radius 2 is 1.68 bits per heavy atom. The van der Waals surface area contributed by atoms with Crippen LogP contribution in [0.15, 0.2) is 91.2 Å². The maximum absolute atomic E-state index is 4.52. The van der Waals surface area contributed by atoms with E-state index in [1.807, 2.05) is 0 Å². The van der Waals surface area contributed by atoms with Crippen LogP contribution < -0.4 is 4.57 Å². The van der Waals surface area contributed by atoms with Gasteiger partial charge in [0.15, 0.2) is 12.7 Å². The first kappa shape index (κ1) is 23.7. The minimum Gasteiger partial charge on any atom is -0.198 e. The molecular weight excluding hydrogens is 446 g/mol. The van der Waals surface area contributed by atoms with Crippen molar-refractivity contribution in [3.8, 4) is 11.3 Å². The lowest BCUT2D eigenvalue weighted by Crippen LogP contribution is -2.40. The van der Waals surface area contributed by atoms with Crippen LogP contribution in [0, 0.1) is 13.8 Å². The molecule has 0 unspecified atom stereocenters. The number of pyridine rings is 1. The number of benzene rings is 3. The van der Waals surface area contributed by atoms with Crippen LogP contribution in [0.3, 0.4) is 0 Å². The van der Waals surface area contributed by atoms with Gasteiger partial charge in [0.05, 0.1) is 5.56 Å². The third-order valence-electron chi connectivity index (χ3n) is 8.49. The molecule has 3 aromatic carbocycles. The fraction of sp³-hybridized carbons (Fsp3) is 0.250. The van der Waals surface area contributed by atoms with Gasteiger partial charge in [-0.05, 0) is 113 Å². The first-order chi connectivity index (χ1) is 18.1. The summed E-state index contributed by atoms with van der Waals surface area (Å²) in [6, 6.07) is 20.5. The van der Waals surface area contributed by atoms with E-state index in [-0.39, 0.29) is 0 Å². The first-order valence-corrected chi connectivity index (χ1v) is 13.7. The van der Waals surface area contributed by atoms with E-state index in [1.54, 1.807) is 5.56 Å². The Balaban J connectivity index is 1.58. The summed E-state index contributed by atoms with van der Waals surface area (Å²) in [5.41, 5.74) is 15.6. The summed E-state index contributed by atoms with van der Waals surface area (Å²) in [6.07, 6.45) is 14.2. The summed E-state index contributed by atoms with van der Waals surface area (Å²) < 4.78 is 2.42. The molecule has 0 atom stereocenters. The second-order valence-electron chi connectivity index (χ2n) is 10.7. The highest BCUT2D eigenvalue weighted by molar-refractivity contribution is 6.00. The van der Waals surface area contributed by atoms with Gasteiger partial charge >= 0.3 is 0 Å². The van der Waals surface area contributed by atoms with Crippen LogP contribution in [0.25, 0.3) is 27.6 Å². The van der Waals surface area contributed by atoms with Gasteiger partial charge in [-0.25, -0.2) is 0 Å². The number of rotatable bonds is 3. The van der Waals surface area contributed by atoms with Gasteiger partial charge in [0.25, 0.3) is 0 Å². The number of aryl methyl sites for hydroxylation is 2. The molecule has 0 bridgehead atoms. The maximum Gasteiger partial charge on any atom is 0.213 e. The van der Waals surface area contributed by atoms with E-state index in [9.17, 15) is 0 Å². The van der Waals surface area contributed by atoms with Gasteiger partial charge in [-0.1, -0.05) is 61.2 Å². The van der Waals surface area contributed by atoms with Crippen molar-refractivity contribution < 1.29 is 4.57 Å². The van der Waals surface area contributed by atoms with Crippen LogP contribution in [-0.2, 0) is 25.8 Å². The van der Waals surface area contributed by atoms with Crippen molar-refractivity contribution in [2.75, 3.05) is 0 Å². The van der Waals surface area contributed by atoms with Crippen LogP contribution in [-0.4, -0.2) is 0 Å². The molecule has 1 aliphatic carbocycles. The zero-order valence-electron chi connectivity index (χ0n) is 22.4. The molecule has 1 aromatic heterocycles. The molecule has 2 heterocycles. The molecule has 0 saturated carbocycles. The lowest BCUT2D eigenvalue weighted by molar-refractivity contribution is -0.687. The SMILES string of the molecule is C=C1CCCc2c(Cc3cc(C)c(C)c4c3CC[n+]3ccccc3-4)cc3ccccc3c2C1=CC=CC. The van der Waals surface area contributed by atoms with Crippen molar-refractivity contribution in [3.63, 3.8) is 0 Å². The zero-order valence-corrected chi connectivity index (χ0v) is 22.4. The fourth-order valence-corrected chi connectivity index (χ4v) is 6.55. The van der Waals surface area contributed by atoms with Crippen molar-refractivity contribution in [1.29, 1.82) is 0 Å². The number of hydrogen-bond acceptors (Lipinski definition) is 0. The number of allylic oxidation sites excluding steroid dienone is 5. The Kier molecular flexibility index (Phi) is 6.16. The van der Waals surface area contributed by atoms with Gasteiger partial charge in [-0.3, -0.25) is 0 Å². The highest BCUT2D eigenvalue weighted by atomic mass is 15.0. The first-order valence-electron chi connectivity index (χ1n) is 13.7. The number of fused-ring (bicyclic) bond motifs is 6. The minimum absolute atomic E-state index is 0.979. The Morgan fingerprint density at radius 3 is 2.54 bits per heavy atom. The summed E-state index contributed by atoms with van der Waals surface area (Å²) in [6.45, 7) is 12.2. The largest absolute Gasteiger partial charge is 0.213 e. The van der Waals surface area contributed by atoms with Crippen molar-refractivity contribution in [3.05, 3.63) is 130 Å². The molecule has 184 valence electrons. The molecular formula is C36H36N+. The molecule has 0 radical (unpaired) electrons. The molecule has 0 fully saturated rings. The standard InChI is InChI=1S/C36H36N/c1-5-6-14-30-24(2)12-11-16-32-29(22-27-13-7-8-15-31(27)36(30)32)23-28-21-25(3)26(4)35-33(28)18-20-37-19-10-9-17-34(35)37/h5-10,13-15,17,19,21-22H,2,11-12,16,18,20,23H2,1,3-4H3/q+1. The Morgan fingerprint density at radius 1 is 0.892 bits per heavy atom. The van der Waals surface area contributed by atoms with E-state index in [2.05, 4.69) is 111 Å². The number of nitrogens with zero attached hydrogens (tertiary/aromatic N) is 1. The van der Waals surface area contributed by atoms with Gasteiger partial charge in [-0.15, -0.1) is 0 Å². The van der Waals surface area contributed by atoms with Crippen LogP contribution in [0.4, 0.5) is 0 Å². The monoisotopic (exact) mass is 482 g/mol. The molecule has 6 rings (SSSR count). The quantitative estimate of drug-likeness (QED) is 0.204. The summed E-state index contributed by atoms with van der Waals surface area (Å²) in [4.78, 5) is 0. The van der Waals surface area contributed by atoms with E-state index in [0.717, 1.165) is 38.6 Å².